The maximum Gasteiger partial charge on any atom is 0.228 e. The molecule has 0 saturated heterocycles. The third kappa shape index (κ3) is 1.13. The minimum atomic E-state index is -0.601. The van der Waals surface area contributed by atoms with E-state index in [-0.39, 0.29) is 18.4 Å². The summed E-state index contributed by atoms with van der Waals surface area (Å²) in [5, 5.41) is 9.04. The third-order valence-electron chi connectivity index (χ3n) is 3.05. The molecule has 3 nitrogen and oxygen atoms in total. The molecule has 0 radical (unpaired) electrons. The molecule has 2 rings (SSSR count). The summed E-state index contributed by atoms with van der Waals surface area (Å²) in [4.78, 5) is 11.4. The van der Waals surface area contributed by atoms with Crippen molar-refractivity contribution in [3.63, 3.8) is 0 Å². The summed E-state index contributed by atoms with van der Waals surface area (Å²) < 4.78 is 0. The summed E-state index contributed by atoms with van der Waals surface area (Å²) in [5.74, 6) is -0.329. The SMILES string of the molecule is NC(=O)[C@@]1(c2ccccc2)C[C@H]1CO. The molecule has 1 aliphatic rings. The lowest BCUT2D eigenvalue weighted by Gasteiger charge is -2.12. The number of hydrogen-bond donors (Lipinski definition) is 2. The van der Waals surface area contributed by atoms with E-state index in [1.165, 1.54) is 0 Å². The molecule has 1 aromatic rings. The number of carbonyl (C=O) groups excluding carboxylic acids is 1. The zero-order valence-electron chi connectivity index (χ0n) is 7.81. The highest BCUT2D eigenvalue weighted by atomic mass is 16.3. The lowest BCUT2D eigenvalue weighted by atomic mass is 9.93. The van der Waals surface area contributed by atoms with E-state index >= 15 is 0 Å². The Morgan fingerprint density at radius 2 is 2.14 bits per heavy atom. The summed E-state index contributed by atoms with van der Waals surface area (Å²) in [6.45, 7) is 0.0256. The first-order chi connectivity index (χ1) is 6.71. The highest BCUT2D eigenvalue weighted by Crippen LogP contribution is 2.53. The monoisotopic (exact) mass is 191 g/mol. The van der Waals surface area contributed by atoms with Gasteiger partial charge in [-0.1, -0.05) is 30.3 Å². The normalized spacial score (nSPS) is 29.9. The lowest BCUT2D eigenvalue weighted by Crippen LogP contribution is -2.31. The van der Waals surface area contributed by atoms with Crippen LogP contribution in [0.1, 0.15) is 12.0 Å². The number of benzene rings is 1. The fourth-order valence-electron chi connectivity index (χ4n) is 2.08. The summed E-state index contributed by atoms with van der Waals surface area (Å²) in [5.41, 5.74) is 5.70. The van der Waals surface area contributed by atoms with Gasteiger partial charge in [0.05, 0.1) is 5.41 Å². The first-order valence-corrected chi connectivity index (χ1v) is 4.68. The molecule has 0 unspecified atom stereocenters. The van der Waals surface area contributed by atoms with Crippen LogP contribution in [0.25, 0.3) is 0 Å². The van der Waals surface area contributed by atoms with Crippen LogP contribution >= 0.6 is 0 Å². The average molecular weight is 191 g/mol. The predicted octanol–water partition coefficient (Wildman–Crippen LogP) is 0.422. The molecule has 3 N–H and O–H groups in total. The molecular weight excluding hydrogens is 178 g/mol. The second-order valence-electron chi connectivity index (χ2n) is 3.79. The van der Waals surface area contributed by atoms with Crippen LogP contribution in [0.15, 0.2) is 30.3 Å². The van der Waals surface area contributed by atoms with Gasteiger partial charge < -0.3 is 10.8 Å². The van der Waals surface area contributed by atoms with Gasteiger partial charge in [0.1, 0.15) is 0 Å². The van der Waals surface area contributed by atoms with Crippen molar-refractivity contribution in [2.45, 2.75) is 11.8 Å². The fraction of sp³-hybridized carbons (Fsp3) is 0.364. The molecule has 0 spiro atoms. The van der Waals surface area contributed by atoms with Crippen LogP contribution in [0.4, 0.5) is 0 Å². The Hall–Kier alpha value is -1.35. The van der Waals surface area contributed by atoms with Crippen LogP contribution in [-0.2, 0) is 10.2 Å². The Balaban J connectivity index is 2.36. The van der Waals surface area contributed by atoms with Crippen molar-refractivity contribution < 1.29 is 9.90 Å². The number of carbonyl (C=O) groups is 1. The van der Waals surface area contributed by atoms with Crippen LogP contribution in [0.5, 0.6) is 0 Å². The Kier molecular flexibility index (Phi) is 2.04. The molecule has 1 fully saturated rings. The van der Waals surface area contributed by atoms with Crippen molar-refractivity contribution in [3.05, 3.63) is 35.9 Å². The number of rotatable bonds is 3. The van der Waals surface area contributed by atoms with Crippen LogP contribution < -0.4 is 5.73 Å². The Bertz CT molecular complexity index is 350. The summed E-state index contributed by atoms with van der Waals surface area (Å²) >= 11 is 0. The summed E-state index contributed by atoms with van der Waals surface area (Å²) in [7, 11) is 0. The standard InChI is InChI=1S/C11H13NO2/c12-10(14)11(6-9(11)7-13)8-4-2-1-3-5-8/h1-5,9,13H,6-7H2,(H2,12,14)/t9-,11+/m0/s1. The number of aliphatic hydroxyl groups is 1. The van der Waals surface area contributed by atoms with Gasteiger partial charge in [0.25, 0.3) is 0 Å². The molecule has 0 aliphatic heterocycles. The molecule has 14 heavy (non-hydrogen) atoms. The highest BCUT2D eigenvalue weighted by molar-refractivity contribution is 5.90. The number of nitrogens with two attached hydrogens (primary N) is 1. The van der Waals surface area contributed by atoms with Crippen molar-refractivity contribution >= 4 is 5.91 Å². The molecule has 1 amide bonds. The van der Waals surface area contributed by atoms with Gasteiger partial charge in [-0.25, -0.2) is 0 Å². The molecular formula is C11H13NO2. The van der Waals surface area contributed by atoms with Crippen molar-refractivity contribution in [2.75, 3.05) is 6.61 Å². The zero-order valence-corrected chi connectivity index (χ0v) is 7.81. The molecule has 0 aromatic heterocycles. The van der Waals surface area contributed by atoms with Crippen LogP contribution in [-0.4, -0.2) is 17.6 Å². The Morgan fingerprint density at radius 1 is 1.50 bits per heavy atom. The van der Waals surface area contributed by atoms with Crippen LogP contribution in [0.3, 0.4) is 0 Å². The molecule has 1 saturated carbocycles. The predicted molar refractivity (Wildman–Crippen MR) is 52.5 cm³/mol. The molecule has 0 bridgehead atoms. The summed E-state index contributed by atoms with van der Waals surface area (Å²) in [6.07, 6.45) is 0.669. The van der Waals surface area contributed by atoms with E-state index in [4.69, 9.17) is 10.8 Å². The van der Waals surface area contributed by atoms with E-state index in [0.29, 0.717) is 6.42 Å². The Morgan fingerprint density at radius 3 is 2.57 bits per heavy atom. The van der Waals surface area contributed by atoms with Crippen molar-refractivity contribution in [1.82, 2.24) is 0 Å². The van der Waals surface area contributed by atoms with Gasteiger partial charge in [-0.15, -0.1) is 0 Å². The molecule has 3 heteroatoms. The molecule has 74 valence electrons. The zero-order chi connectivity index (χ0) is 10.2. The van der Waals surface area contributed by atoms with Crippen LogP contribution in [0, 0.1) is 5.92 Å². The van der Waals surface area contributed by atoms with Gasteiger partial charge in [0.15, 0.2) is 0 Å². The third-order valence-corrected chi connectivity index (χ3v) is 3.05. The minimum absolute atomic E-state index is 0.00222. The second-order valence-corrected chi connectivity index (χ2v) is 3.79. The van der Waals surface area contributed by atoms with Crippen molar-refractivity contribution in [2.24, 2.45) is 11.7 Å². The number of amides is 1. The van der Waals surface area contributed by atoms with Gasteiger partial charge in [0, 0.05) is 12.5 Å². The van der Waals surface area contributed by atoms with Gasteiger partial charge in [0.2, 0.25) is 5.91 Å². The van der Waals surface area contributed by atoms with Crippen molar-refractivity contribution in [1.29, 1.82) is 0 Å². The van der Waals surface area contributed by atoms with E-state index in [2.05, 4.69) is 0 Å². The maximum atomic E-state index is 11.4. The topological polar surface area (TPSA) is 63.3 Å². The smallest absolute Gasteiger partial charge is 0.228 e. The second kappa shape index (κ2) is 3.10. The number of aliphatic hydroxyl groups excluding tert-OH is 1. The quantitative estimate of drug-likeness (QED) is 0.727. The van der Waals surface area contributed by atoms with Crippen LogP contribution in [0.2, 0.25) is 0 Å². The van der Waals surface area contributed by atoms with E-state index in [1.54, 1.807) is 0 Å². The first-order valence-electron chi connectivity index (χ1n) is 4.68. The highest BCUT2D eigenvalue weighted by Gasteiger charge is 2.59. The van der Waals surface area contributed by atoms with Gasteiger partial charge >= 0.3 is 0 Å². The molecule has 2 atom stereocenters. The minimum Gasteiger partial charge on any atom is -0.396 e. The average Bonchev–Trinajstić information content (AvgIpc) is 2.94. The van der Waals surface area contributed by atoms with E-state index in [1.807, 2.05) is 30.3 Å². The summed E-state index contributed by atoms with van der Waals surface area (Å²) in [6, 6.07) is 9.44. The lowest BCUT2D eigenvalue weighted by molar-refractivity contribution is -0.120. The largest absolute Gasteiger partial charge is 0.396 e. The van der Waals surface area contributed by atoms with Gasteiger partial charge in [-0.3, -0.25) is 4.79 Å². The Labute approximate surface area is 82.5 Å². The molecule has 1 aromatic carbocycles. The van der Waals surface area contributed by atoms with E-state index < -0.39 is 5.41 Å². The molecule has 0 heterocycles. The molecule has 1 aliphatic carbocycles. The van der Waals surface area contributed by atoms with Gasteiger partial charge in [-0.05, 0) is 12.0 Å². The fourth-order valence-corrected chi connectivity index (χ4v) is 2.08. The van der Waals surface area contributed by atoms with Gasteiger partial charge in [-0.2, -0.15) is 0 Å². The van der Waals surface area contributed by atoms with E-state index in [9.17, 15) is 4.79 Å². The number of primary amides is 1. The first kappa shape index (κ1) is 9.21. The maximum absolute atomic E-state index is 11.4. The number of hydrogen-bond acceptors (Lipinski definition) is 2. The van der Waals surface area contributed by atoms with E-state index in [0.717, 1.165) is 5.56 Å². The van der Waals surface area contributed by atoms with Crippen molar-refractivity contribution in [3.8, 4) is 0 Å².